The number of ketones is 1. The van der Waals surface area contributed by atoms with Crippen LogP contribution in [0.25, 0.3) is 0 Å². The second-order valence-electron chi connectivity index (χ2n) is 3.38. The molecule has 1 rings (SSSR count). The van der Waals surface area contributed by atoms with Crippen LogP contribution < -0.4 is 0 Å². The molecule has 4 heteroatoms. The highest BCUT2D eigenvalue weighted by molar-refractivity contribution is 5.99. The predicted octanol–water partition coefficient (Wildman–Crippen LogP) is 1.53. The average Bonchev–Trinajstić information content (AvgIpc) is 2.28. The zero-order valence-corrected chi connectivity index (χ0v) is 9.36. The Bertz CT molecular complexity index is 376. The lowest BCUT2D eigenvalue weighted by Crippen LogP contribution is -2.19. The molecule has 0 saturated heterocycles. The molecule has 0 spiro atoms. The Morgan fingerprint density at radius 1 is 1.56 bits per heavy atom. The van der Waals surface area contributed by atoms with Gasteiger partial charge in [0.2, 0.25) is 0 Å². The second kappa shape index (κ2) is 5.30. The van der Waals surface area contributed by atoms with E-state index in [-0.39, 0.29) is 11.9 Å². The molecule has 0 fully saturated rings. The quantitative estimate of drug-likeness (QED) is 0.534. The molecule has 0 heterocycles. The van der Waals surface area contributed by atoms with Crippen molar-refractivity contribution in [2.75, 3.05) is 7.11 Å². The van der Waals surface area contributed by atoms with E-state index >= 15 is 0 Å². The first-order valence-corrected chi connectivity index (χ1v) is 4.86. The molecule has 0 aromatic carbocycles. The fraction of sp³-hybridized carbons (Fsp3) is 0.333. The van der Waals surface area contributed by atoms with Crippen LogP contribution in [-0.2, 0) is 19.1 Å². The smallest absolute Gasteiger partial charge is 0.337 e. The molecule has 1 atom stereocenters. The maximum atomic E-state index is 11.4. The van der Waals surface area contributed by atoms with Gasteiger partial charge in [-0.25, -0.2) is 4.79 Å². The van der Waals surface area contributed by atoms with E-state index in [1.165, 1.54) is 26.4 Å². The number of hydrogen-bond donors (Lipinski definition) is 0. The Morgan fingerprint density at radius 2 is 2.25 bits per heavy atom. The van der Waals surface area contributed by atoms with Gasteiger partial charge in [-0.15, -0.1) is 0 Å². The maximum Gasteiger partial charge on any atom is 0.337 e. The summed E-state index contributed by atoms with van der Waals surface area (Å²) >= 11 is 0. The molecular formula is C12H14O4. The SMILES string of the molecule is C=COC1C=C(C(=O)OC)C=C(C(C)=O)C1. The van der Waals surface area contributed by atoms with Gasteiger partial charge in [0.25, 0.3) is 0 Å². The van der Waals surface area contributed by atoms with E-state index < -0.39 is 5.97 Å². The van der Waals surface area contributed by atoms with E-state index in [4.69, 9.17) is 4.74 Å². The van der Waals surface area contributed by atoms with Gasteiger partial charge in [-0.05, 0) is 24.6 Å². The topological polar surface area (TPSA) is 52.6 Å². The first-order chi connectivity index (χ1) is 7.58. The number of Topliss-reactive ketones (excluding diaryl/α,β-unsaturated/α-hetero) is 1. The maximum absolute atomic E-state index is 11.4. The van der Waals surface area contributed by atoms with Crippen LogP contribution in [0.1, 0.15) is 13.3 Å². The number of rotatable bonds is 4. The van der Waals surface area contributed by atoms with Crippen LogP contribution in [0.15, 0.2) is 36.1 Å². The number of ether oxygens (including phenoxy) is 2. The Kier molecular flexibility index (Phi) is 4.05. The van der Waals surface area contributed by atoms with E-state index in [0.717, 1.165) is 0 Å². The Labute approximate surface area is 94.2 Å². The summed E-state index contributed by atoms with van der Waals surface area (Å²) < 4.78 is 9.77. The van der Waals surface area contributed by atoms with Crippen LogP contribution in [0.2, 0.25) is 0 Å². The number of esters is 1. The van der Waals surface area contributed by atoms with Gasteiger partial charge in [0, 0.05) is 6.42 Å². The molecule has 0 amide bonds. The van der Waals surface area contributed by atoms with Crippen molar-refractivity contribution in [1.29, 1.82) is 0 Å². The molecule has 0 radical (unpaired) electrons. The van der Waals surface area contributed by atoms with Crippen molar-refractivity contribution in [3.63, 3.8) is 0 Å². The lowest BCUT2D eigenvalue weighted by Gasteiger charge is -2.19. The van der Waals surface area contributed by atoms with Crippen LogP contribution in [0.5, 0.6) is 0 Å². The molecule has 0 bridgehead atoms. The molecule has 0 aromatic heterocycles. The zero-order valence-electron chi connectivity index (χ0n) is 9.36. The van der Waals surface area contributed by atoms with Gasteiger partial charge < -0.3 is 9.47 Å². The van der Waals surface area contributed by atoms with Crippen LogP contribution in [0.4, 0.5) is 0 Å². The average molecular weight is 222 g/mol. The number of carbonyl (C=O) groups is 2. The molecule has 0 aliphatic heterocycles. The largest absolute Gasteiger partial charge is 0.494 e. The predicted molar refractivity (Wildman–Crippen MR) is 58.6 cm³/mol. The monoisotopic (exact) mass is 222 g/mol. The minimum absolute atomic E-state index is 0.0767. The lowest BCUT2D eigenvalue weighted by molar-refractivity contribution is -0.135. The van der Waals surface area contributed by atoms with E-state index in [9.17, 15) is 9.59 Å². The third kappa shape index (κ3) is 2.82. The second-order valence-corrected chi connectivity index (χ2v) is 3.38. The number of methoxy groups -OCH3 is 1. The first-order valence-electron chi connectivity index (χ1n) is 4.86. The summed E-state index contributed by atoms with van der Waals surface area (Å²) in [5, 5.41) is 0. The summed E-state index contributed by atoms with van der Waals surface area (Å²) in [5.41, 5.74) is 0.889. The van der Waals surface area contributed by atoms with Gasteiger partial charge in [0.05, 0.1) is 18.9 Å². The molecule has 1 unspecified atom stereocenters. The molecule has 1 aliphatic rings. The third-order valence-electron chi connectivity index (χ3n) is 2.26. The minimum atomic E-state index is -0.476. The standard InChI is InChI=1S/C12H14O4/c1-4-16-11-6-9(8(2)13)5-10(7-11)12(14)15-3/h4-5,7,11H,1,6H2,2-3H3. The van der Waals surface area contributed by atoms with E-state index in [1.54, 1.807) is 6.08 Å². The summed E-state index contributed by atoms with van der Waals surface area (Å²) in [6.07, 6.45) is 4.56. The van der Waals surface area contributed by atoms with Gasteiger partial charge in [-0.1, -0.05) is 6.58 Å². The van der Waals surface area contributed by atoms with E-state index in [0.29, 0.717) is 17.6 Å². The van der Waals surface area contributed by atoms with Gasteiger partial charge in [0.1, 0.15) is 6.10 Å². The zero-order chi connectivity index (χ0) is 12.1. The van der Waals surface area contributed by atoms with Crippen molar-refractivity contribution in [2.24, 2.45) is 0 Å². The fourth-order valence-electron chi connectivity index (χ4n) is 1.47. The van der Waals surface area contributed by atoms with Gasteiger partial charge in [-0.3, -0.25) is 4.79 Å². The minimum Gasteiger partial charge on any atom is -0.494 e. The molecule has 1 aliphatic carbocycles. The summed E-state index contributed by atoms with van der Waals surface area (Å²) in [6.45, 7) is 4.90. The van der Waals surface area contributed by atoms with Crippen molar-refractivity contribution in [3.05, 3.63) is 36.1 Å². The van der Waals surface area contributed by atoms with E-state index in [2.05, 4.69) is 11.3 Å². The molecule has 86 valence electrons. The Hall–Kier alpha value is -1.84. The van der Waals surface area contributed by atoms with Crippen LogP contribution in [0, 0.1) is 0 Å². The summed E-state index contributed by atoms with van der Waals surface area (Å²) in [6, 6.07) is 0. The molecular weight excluding hydrogens is 208 g/mol. The normalized spacial score (nSPS) is 19.2. The third-order valence-corrected chi connectivity index (χ3v) is 2.26. The summed E-state index contributed by atoms with van der Waals surface area (Å²) in [5.74, 6) is -0.553. The highest BCUT2D eigenvalue weighted by atomic mass is 16.5. The van der Waals surface area contributed by atoms with Crippen molar-refractivity contribution in [3.8, 4) is 0 Å². The lowest BCUT2D eigenvalue weighted by atomic mass is 9.95. The van der Waals surface area contributed by atoms with Crippen LogP contribution >= 0.6 is 0 Å². The Balaban J connectivity index is 2.97. The van der Waals surface area contributed by atoms with Gasteiger partial charge >= 0.3 is 5.97 Å². The van der Waals surface area contributed by atoms with Crippen LogP contribution in [-0.4, -0.2) is 25.0 Å². The van der Waals surface area contributed by atoms with Gasteiger partial charge in [0.15, 0.2) is 5.78 Å². The number of carbonyl (C=O) groups excluding carboxylic acids is 2. The highest BCUT2D eigenvalue weighted by Crippen LogP contribution is 2.21. The van der Waals surface area contributed by atoms with Crippen molar-refractivity contribution in [2.45, 2.75) is 19.4 Å². The van der Waals surface area contributed by atoms with Crippen molar-refractivity contribution >= 4 is 11.8 Å². The molecule has 0 saturated carbocycles. The first kappa shape index (κ1) is 12.2. The van der Waals surface area contributed by atoms with Gasteiger partial charge in [-0.2, -0.15) is 0 Å². The van der Waals surface area contributed by atoms with Crippen molar-refractivity contribution < 1.29 is 19.1 Å². The summed E-state index contributed by atoms with van der Waals surface area (Å²) in [4.78, 5) is 22.6. The number of hydrogen-bond acceptors (Lipinski definition) is 4. The van der Waals surface area contributed by atoms with Crippen LogP contribution in [0.3, 0.4) is 0 Å². The molecule has 0 N–H and O–H groups in total. The molecule has 0 aromatic rings. The highest BCUT2D eigenvalue weighted by Gasteiger charge is 2.21. The van der Waals surface area contributed by atoms with Crippen molar-refractivity contribution in [1.82, 2.24) is 0 Å². The van der Waals surface area contributed by atoms with E-state index in [1.807, 2.05) is 0 Å². The fourth-order valence-corrected chi connectivity index (χ4v) is 1.47. The Morgan fingerprint density at radius 3 is 2.75 bits per heavy atom. The molecule has 16 heavy (non-hydrogen) atoms. The summed E-state index contributed by atoms with van der Waals surface area (Å²) in [7, 11) is 1.29. The molecule has 4 nitrogen and oxygen atoms in total.